The van der Waals surface area contributed by atoms with Crippen LogP contribution in [0.25, 0.3) is 0 Å². The first-order valence-corrected chi connectivity index (χ1v) is 5.40. The third-order valence-electron chi connectivity index (χ3n) is 1.30. The van der Waals surface area contributed by atoms with E-state index in [4.69, 9.17) is 9.79 Å². The molecule has 0 aromatic carbocycles. The van der Waals surface area contributed by atoms with Crippen LogP contribution in [-0.2, 0) is 4.57 Å². The van der Waals surface area contributed by atoms with Gasteiger partial charge in [-0.3, -0.25) is 4.57 Å². The zero-order valence-corrected chi connectivity index (χ0v) is 16.2. The van der Waals surface area contributed by atoms with E-state index in [2.05, 4.69) is 6.92 Å². The van der Waals surface area contributed by atoms with E-state index < -0.39 is 7.60 Å². The molecule has 3 nitrogen and oxygen atoms in total. The summed E-state index contributed by atoms with van der Waals surface area (Å²) in [5.41, 5.74) is 0. The van der Waals surface area contributed by atoms with Crippen LogP contribution in [0.5, 0.6) is 0 Å². The van der Waals surface area contributed by atoms with Crippen LogP contribution in [0.4, 0.5) is 0 Å². The standard InChI is InChI=1S/C6H15O3P.3Na.3H/c1-2-3-4-5-6-10(7,8)9;;;;;;/h2-6H2,1H3,(H2,7,8,9);;;;;;/q;3*+1;3*-1. The molecule has 0 unspecified atom stereocenters. The third-order valence-corrected chi connectivity index (χ3v) is 2.20. The number of hydrogen-bond donors (Lipinski definition) is 2. The molecule has 0 bridgehead atoms. The summed E-state index contributed by atoms with van der Waals surface area (Å²) in [6.07, 6.45) is 3.80. The molecule has 0 radical (unpaired) electrons. The van der Waals surface area contributed by atoms with Gasteiger partial charge in [0.2, 0.25) is 0 Å². The molecule has 0 aromatic rings. The summed E-state index contributed by atoms with van der Waals surface area (Å²) in [6.45, 7) is 2.07. The minimum atomic E-state index is -3.71. The Morgan fingerprint density at radius 2 is 1.54 bits per heavy atom. The summed E-state index contributed by atoms with van der Waals surface area (Å²) in [7, 11) is -3.71. The van der Waals surface area contributed by atoms with E-state index >= 15 is 0 Å². The summed E-state index contributed by atoms with van der Waals surface area (Å²) >= 11 is 0. The Kier molecular flexibility index (Phi) is 29.3. The molecule has 0 aromatic heterocycles. The van der Waals surface area contributed by atoms with E-state index in [1.165, 1.54) is 0 Å². The van der Waals surface area contributed by atoms with Crippen LogP contribution < -0.4 is 88.7 Å². The van der Waals surface area contributed by atoms with Gasteiger partial charge in [-0.25, -0.2) is 0 Å². The molecule has 0 aliphatic heterocycles. The normalized spacial score (nSPS) is 9.15. The van der Waals surface area contributed by atoms with Gasteiger partial charge >= 0.3 is 96.3 Å². The van der Waals surface area contributed by atoms with Crippen molar-refractivity contribution < 1.29 is 107 Å². The minimum Gasteiger partial charge on any atom is -1.00 e. The quantitative estimate of drug-likeness (QED) is 0.284. The first-order valence-electron chi connectivity index (χ1n) is 3.61. The van der Waals surface area contributed by atoms with Gasteiger partial charge < -0.3 is 14.1 Å². The van der Waals surface area contributed by atoms with Gasteiger partial charge in [0.25, 0.3) is 0 Å². The van der Waals surface area contributed by atoms with Crippen LogP contribution in [0.2, 0.25) is 0 Å². The molecule has 0 aliphatic carbocycles. The molecule has 0 heterocycles. The van der Waals surface area contributed by atoms with Crippen molar-refractivity contribution in [2.24, 2.45) is 0 Å². The van der Waals surface area contributed by atoms with Gasteiger partial charge in [0, 0.05) is 6.16 Å². The molecular formula is C6H18Na3O3P. The first kappa shape index (κ1) is 25.1. The van der Waals surface area contributed by atoms with Crippen LogP contribution >= 0.6 is 7.60 Å². The Bertz CT molecular complexity index is 139. The van der Waals surface area contributed by atoms with E-state index in [0.717, 1.165) is 19.3 Å². The second kappa shape index (κ2) is 15.1. The fraction of sp³-hybridized carbons (Fsp3) is 1.00. The largest absolute Gasteiger partial charge is 1.00 e. The van der Waals surface area contributed by atoms with Crippen molar-refractivity contribution in [1.82, 2.24) is 0 Å². The summed E-state index contributed by atoms with van der Waals surface area (Å²) in [5, 5.41) is 0. The average molecular weight is 238 g/mol. The predicted molar refractivity (Wildman–Crippen MR) is 44.4 cm³/mol. The molecule has 0 rings (SSSR count). The van der Waals surface area contributed by atoms with Crippen LogP contribution in [-0.4, -0.2) is 15.9 Å². The molecule has 0 saturated heterocycles. The Morgan fingerprint density at radius 3 is 1.85 bits per heavy atom. The van der Waals surface area contributed by atoms with E-state index in [1.807, 2.05) is 0 Å². The third kappa shape index (κ3) is 25.4. The van der Waals surface area contributed by atoms with Crippen LogP contribution in [0.1, 0.15) is 36.9 Å². The van der Waals surface area contributed by atoms with Crippen molar-refractivity contribution >= 4 is 7.60 Å². The molecular weight excluding hydrogens is 220 g/mol. The predicted octanol–water partition coefficient (Wildman–Crippen LogP) is -6.91. The van der Waals surface area contributed by atoms with Gasteiger partial charge in [-0.2, -0.15) is 0 Å². The molecule has 0 fully saturated rings. The van der Waals surface area contributed by atoms with Gasteiger partial charge in [-0.1, -0.05) is 26.2 Å². The van der Waals surface area contributed by atoms with Crippen molar-refractivity contribution in [3.63, 3.8) is 0 Å². The average Bonchev–Trinajstić information content (AvgIpc) is 1.78. The maximum atomic E-state index is 10.3. The van der Waals surface area contributed by atoms with Crippen molar-refractivity contribution in [2.45, 2.75) is 32.6 Å². The van der Waals surface area contributed by atoms with Crippen LogP contribution in [0, 0.1) is 0 Å². The SMILES string of the molecule is CCCCCCP(=O)(O)O.[H-].[H-].[H-].[Na+].[Na+].[Na+]. The fourth-order valence-electron chi connectivity index (χ4n) is 0.745. The van der Waals surface area contributed by atoms with Gasteiger partial charge in [0.05, 0.1) is 0 Å². The Balaban J connectivity index is -0.0000000270. The van der Waals surface area contributed by atoms with Crippen LogP contribution in [0.3, 0.4) is 0 Å². The summed E-state index contributed by atoms with van der Waals surface area (Å²) in [5.74, 6) is 0. The topological polar surface area (TPSA) is 57.5 Å². The second-order valence-electron chi connectivity index (χ2n) is 2.45. The maximum absolute atomic E-state index is 10.3. The fourth-order valence-corrected chi connectivity index (χ4v) is 1.38. The smallest absolute Gasteiger partial charge is 1.00 e. The maximum Gasteiger partial charge on any atom is 1.00 e. The summed E-state index contributed by atoms with van der Waals surface area (Å²) < 4.78 is 10.3. The molecule has 7 heteroatoms. The number of rotatable bonds is 5. The van der Waals surface area contributed by atoms with Gasteiger partial charge in [0.1, 0.15) is 0 Å². The molecule has 13 heavy (non-hydrogen) atoms. The first-order chi connectivity index (χ1) is 4.56. The second-order valence-corrected chi connectivity index (χ2v) is 4.23. The molecule has 0 amide bonds. The van der Waals surface area contributed by atoms with Crippen molar-refractivity contribution in [2.75, 3.05) is 6.16 Å². The molecule has 0 atom stereocenters. The number of unbranched alkanes of at least 4 members (excludes halogenated alkanes) is 3. The van der Waals surface area contributed by atoms with Gasteiger partial charge in [-0.05, 0) is 6.42 Å². The van der Waals surface area contributed by atoms with Gasteiger partial charge in [-0.15, -0.1) is 0 Å². The molecule has 0 spiro atoms. The van der Waals surface area contributed by atoms with E-state index in [1.54, 1.807) is 0 Å². The van der Waals surface area contributed by atoms with Crippen molar-refractivity contribution in [3.8, 4) is 0 Å². The zero-order chi connectivity index (χ0) is 8.04. The molecule has 2 N–H and O–H groups in total. The molecule has 68 valence electrons. The summed E-state index contributed by atoms with van der Waals surface area (Å²) in [6, 6.07) is 0. The molecule has 0 aliphatic rings. The van der Waals surface area contributed by atoms with E-state index in [-0.39, 0.29) is 99.1 Å². The van der Waals surface area contributed by atoms with Crippen molar-refractivity contribution in [3.05, 3.63) is 0 Å². The van der Waals surface area contributed by atoms with Crippen LogP contribution in [0.15, 0.2) is 0 Å². The van der Waals surface area contributed by atoms with Gasteiger partial charge in [0.15, 0.2) is 0 Å². The zero-order valence-electron chi connectivity index (χ0n) is 12.3. The molecule has 0 saturated carbocycles. The van der Waals surface area contributed by atoms with Crippen molar-refractivity contribution in [1.29, 1.82) is 0 Å². The minimum absolute atomic E-state index is 0. The van der Waals surface area contributed by atoms with E-state index in [0.29, 0.717) is 6.42 Å². The Labute approximate surface area is 151 Å². The monoisotopic (exact) mass is 238 g/mol. The Morgan fingerprint density at radius 1 is 1.08 bits per heavy atom. The Hall–Kier alpha value is 3.15. The summed E-state index contributed by atoms with van der Waals surface area (Å²) in [4.78, 5) is 16.9. The van der Waals surface area contributed by atoms with E-state index in [9.17, 15) is 4.57 Å². The number of hydrogen-bond acceptors (Lipinski definition) is 1.